The van der Waals surface area contributed by atoms with E-state index in [1.54, 1.807) is 0 Å². The number of aromatic nitrogens is 2. The summed E-state index contributed by atoms with van der Waals surface area (Å²) in [6, 6.07) is 0. The van der Waals surface area contributed by atoms with Crippen molar-refractivity contribution in [2.45, 2.75) is 12.7 Å². The van der Waals surface area contributed by atoms with E-state index in [0.29, 0.717) is 22.2 Å². The van der Waals surface area contributed by atoms with Crippen molar-refractivity contribution >= 4 is 21.6 Å². The van der Waals surface area contributed by atoms with Crippen LogP contribution in [0.4, 0.5) is 18.9 Å². The summed E-state index contributed by atoms with van der Waals surface area (Å²) in [6.45, 7) is 2.09. The van der Waals surface area contributed by atoms with Gasteiger partial charge in [0.15, 0.2) is 0 Å². The van der Waals surface area contributed by atoms with Gasteiger partial charge in [-0.2, -0.15) is 18.3 Å². The first kappa shape index (κ1) is 14.8. The van der Waals surface area contributed by atoms with Crippen molar-refractivity contribution in [2.75, 3.05) is 31.1 Å². The van der Waals surface area contributed by atoms with Gasteiger partial charge in [-0.1, -0.05) is 0 Å². The number of nitrogens with zero attached hydrogens (tertiary/aromatic N) is 3. The van der Waals surface area contributed by atoms with Crippen molar-refractivity contribution in [2.24, 2.45) is 11.8 Å². The van der Waals surface area contributed by atoms with Crippen molar-refractivity contribution in [3.63, 3.8) is 0 Å². The molecular weight excluding hydrogens is 353 g/mol. The van der Waals surface area contributed by atoms with Crippen molar-refractivity contribution in [1.29, 1.82) is 0 Å². The zero-order valence-electron chi connectivity index (χ0n) is 11.0. The van der Waals surface area contributed by atoms with Crippen LogP contribution in [-0.2, 0) is 6.54 Å². The number of hydrogen-bond donors (Lipinski definition) is 1. The predicted octanol–water partition coefficient (Wildman–Crippen LogP) is 1.22. The first-order chi connectivity index (χ1) is 9.85. The molecule has 0 radical (unpaired) electrons. The van der Waals surface area contributed by atoms with Crippen LogP contribution in [0.5, 0.6) is 0 Å². The molecule has 116 valence electrons. The Balaban J connectivity index is 1.85. The summed E-state index contributed by atoms with van der Waals surface area (Å²) in [5.41, 5.74) is -0.173. The Morgan fingerprint density at radius 2 is 1.95 bits per heavy atom. The van der Waals surface area contributed by atoms with Gasteiger partial charge in [0.1, 0.15) is 11.0 Å². The van der Waals surface area contributed by atoms with Crippen LogP contribution >= 0.6 is 15.9 Å². The topological polar surface area (TPSA) is 50.2 Å². The molecule has 1 N–H and O–H groups in total. The molecule has 21 heavy (non-hydrogen) atoms. The van der Waals surface area contributed by atoms with Gasteiger partial charge in [0.2, 0.25) is 0 Å². The Hall–Kier alpha value is -1.09. The highest BCUT2D eigenvalue weighted by atomic mass is 79.9. The lowest BCUT2D eigenvalue weighted by Gasteiger charge is -2.21. The van der Waals surface area contributed by atoms with Gasteiger partial charge in [-0.15, -0.1) is 0 Å². The second-order valence-corrected chi connectivity index (χ2v) is 6.30. The normalized spacial score (nSPS) is 25.4. The highest BCUT2D eigenvalue weighted by Crippen LogP contribution is 2.32. The molecule has 3 heterocycles. The van der Waals surface area contributed by atoms with E-state index in [0.717, 1.165) is 26.2 Å². The maximum atomic E-state index is 12.4. The van der Waals surface area contributed by atoms with Crippen LogP contribution in [0, 0.1) is 11.8 Å². The molecule has 0 aromatic carbocycles. The summed E-state index contributed by atoms with van der Waals surface area (Å²) >= 11 is 3.13. The number of halogens is 4. The van der Waals surface area contributed by atoms with Crippen molar-refractivity contribution in [3.8, 4) is 0 Å². The maximum absolute atomic E-state index is 12.4. The molecule has 0 bridgehead atoms. The summed E-state index contributed by atoms with van der Waals surface area (Å²) in [5, 5.41) is 6.97. The van der Waals surface area contributed by atoms with E-state index in [1.807, 2.05) is 4.90 Å². The number of anilines is 1. The van der Waals surface area contributed by atoms with Crippen LogP contribution < -0.4 is 15.8 Å². The van der Waals surface area contributed by atoms with Crippen LogP contribution in [0.2, 0.25) is 0 Å². The van der Waals surface area contributed by atoms with E-state index in [2.05, 4.69) is 26.3 Å². The second-order valence-electron chi connectivity index (χ2n) is 5.51. The van der Waals surface area contributed by atoms with Crippen LogP contribution in [0.15, 0.2) is 15.5 Å². The summed E-state index contributed by atoms with van der Waals surface area (Å²) in [7, 11) is 0. The molecule has 1 aromatic heterocycles. The fourth-order valence-electron chi connectivity index (χ4n) is 3.01. The zero-order valence-corrected chi connectivity index (χ0v) is 12.6. The number of nitrogens with one attached hydrogen (secondary N) is 1. The largest absolute Gasteiger partial charge is 0.408 e. The molecule has 0 amide bonds. The Labute approximate surface area is 127 Å². The van der Waals surface area contributed by atoms with Gasteiger partial charge < -0.3 is 10.2 Å². The third kappa shape index (κ3) is 2.94. The Kier molecular flexibility index (Phi) is 3.73. The fraction of sp³-hybridized carbons (Fsp3) is 0.667. The van der Waals surface area contributed by atoms with E-state index in [4.69, 9.17) is 0 Å². The van der Waals surface area contributed by atoms with Crippen molar-refractivity contribution in [3.05, 3.63) is 21.0 Å². The van der Waals surface area contributed by atoms with Gasteiger partial charge in [-0.05, 0) is 27.8 Å². The standard InChI is InChI=1S/C12H14BrF3N4O/c13-10-9(19-4-7-1-17-2-8(7)5-19)3-18-20(11(10)21)6-12(14,15)16/h3,7-8,17H,1-2,4-6H2. The van der Waals surface area contributed by atoms with Crippen molar-refractivity contribution < 1.29 is 13.2 Å². The van der Waals surface area contributed by atoms with E-state index in [1.165, 1.54) is 6.20 Å². The molecule has 2 fully saturated rings. The van der Waals surface area contributed by atoms with Gasteiger partial charge >= 0.3 is 6.18 Å². The highest BCUT2D eigenvalue weighted by Gasteiger charge is 2.37. The van der Waals surface area contributed by atoms with Gasteiger partial charge in [0.25, 0.3) is 5.56 Å². The first-order valence-electron chi connectivity index (χ1n) is 6.63. The third-order valence-corrected chi connectivity index (χ3v) is 4.77. The first-order valence-corrected chi connectivity index (χ1v) is 7.42. The summed E-state index contributed by atoms with van der Waals surface area (Å²) in [4.78, 5) is 14.0. The zero-order chi connectivity index (χ0) is 15.2. The molecule has 3 rings (SSSR count). The molecule has 9 heteroatoms. The van der Waals surface area contributed by atoms with Gasteiger partial charge in [-0.25, -0.2) is 4.68 Å². The minimum atomic E-state index is -4.46. The van der Waals surface area contributed by atoms with E-state index in [9.17, 15) is 18.0 Å². The molecule has 2 atom stereocenters. The maximum Gasteiger partial charge on any atom is 0.408 e. The second kappa shape index (κ2) is 5.28. The number of fused-ring (bicyclic) bond motifs is 1. The Morgan fingerprint density at radius 1 is 1.33 bits per heavy atom. The minimum absolute atomic E-state index is 0.148. The summed E-state index contributed by atoms with van der Waals surface area (Å²) in [6.07, 6.45) is -3.13. The molecule has 5 nitrogen and oxygen atoms in total. The molecule has 2 unspecified atom stereocenters. The quantitative estimate of drug-likeness (QED) is 0.855. The third-order valence-electron chi connectivity index (χ3n) is 4.03. The number of alkyl halides is 3. The predicted molar refractivity (Wildman–Crippen MR) is 74.3 cm³/mol. The molecule has 2 aliphatic heterocycles. The lowest BCUT2D eigenvalue weighted by Crippen LogP contribution is -2.33. The van der Waals surface area contributed by atoms with E-state index < -0.39 is 18.3 Å². The number of rotatable bonds is 2. The molecule has 0 aliphatic carbocycles. The Bertz CT molecular complexity index is 591. The van der Waals surface area contributed by atoms with Gasteiger partial charge in [0, 0.05) is 26.2 Å². The van der Waals surface area contributed by atoms with Crippen LogP contribution in [0.3, 0.4) is 0 Å². The molecule has 0 saturated carbocycles. The van der Waals surface area contributed by atoms with Crippen LogP contribution in [0.1, 0.15) is 0 Å². The van der Waals surface area contributed by atoms with E-state index >= 15 is 0 Å². The fourth-order valence-corrected chi connectivity index (χ4v) is 3.57. The highest BCUT2D eigenvalue weighted by molar-refractivity contribution is 9.10. The average molecular weight is 367 g/mol. The Morgan fingerprint density at radius 3 is 2.52 bits per heavy atom. The smallest absolute Gasteiger partial charge is 0.368 e. The van der Waals surface area contributed by atoms with Gasteiger partial charge in [0.05, 0.1) is 11.9 Å². The molecule has 2 saturated heterocycles. The lowest BCUT2D eigenvalue weighted by atomic mass is 10.0. The summed E-state index contributed by atoms with van der Waals surface area (Å²) in [5.74, 6) is 1.05. The van der Waals surface area contributed by atoms with Crippen LogP contribution in [-0.4, -0.2) is 42.1 Å². The SMILES string of the molecule is O=c1c(Br)c(N2CC3CNCC3C2)cnn1CC(F)(F)F. The molecule has 0 spiro atoms. The minimum Gasteiger partial charge on any atom is -0.368 e. The lowest BCUT2D eigenvalue weighted by molar-refractivity contribution is -0.143. The molecule has 2 aliphatic rings. The van der Waals surface area contributed by atoms with Gasteiger partial charge in [-0.3, -0.25) is 4.79 Å². The summed E-state index contributed by atoms with van der Waals surface area (Å²) < 4.78 is 37.7. The van der Waals surface area contributed by atoms with E-state index in [-0.39, 0.29) is 4.47 Å². The molecule has 1 aromatic rings. The average Bonchev–Trinajstić information content (AvgIpc) is 2.94. The number of hydrogen-bond acceptors (Lipinski definition) is 4. The van der Waals surface area contributed by atoms with Crippen molar-refractivity contribution in [1.82, 2.24) is 15.1 Å². The monoisotopic (exact) mass is 366 g/mol. The van der Waals surface area contributed by atoms with Crippen LogP contribution in [0.25, 0.3) is 0 Å². The molecular formula is C12H14BrF3N4O.